The Balaban J connectivity index is 1.31. The first-order valence-electron chi connectivity index (χ1n) is 23.6. The van der Waals surface area contributed by atoms with E-state index in [-0.39, 0.29) is 32.4 Å². The fourth-order valence-electron chi connectivity index (χ4n) is 9.31. The fourth-order valence-corrected chi connectivity index (χ4v) is 9.31. The number of likely N-dealkylation sites (N-methyl/N-ethyl adjacent to an activating group) is 1. The Morgan fingerprint density at radius 3 is 2.28 bits per heavy atom. The van der Waals surface area contributed by atoms with Gasteiger partial charge in [-0.2, -0.15) is 0 Å². The van der Waals surface area contributed by atoms with Crippen LogP contribution in [0.15, 0.2) is 84.6 Å². The average Bonchev–Trinajstić information content (AvgIpc) is 3.85. The minimum atomic E-state index is -1.66. The van der Waals surface area contributed by atoms with Crippen molar-refractivity contribution in [1.29, 1.82) is 0 Å². The van der Waals surface area contributed by atoms with Crippen LogP contribution in [0.3, 0.4) is 0 Å². The number of hydrogen-bond acceptors (Lipinski definition) is 13. The normalized spacial score (nSPS) is 25.8. The van der Waals surface area contributed by atoms with E-state index in [0.717, 1.165) is 16.8 Å². The number of morpholine rings is 1. The topological polar surface area (TPSA) is 223 Å². The summed E-state index contributed by atoms with van der Waals surface area (Å²) in [4.78, 5) is 115. The second-order valence-electron chi connectivity index (χ2n) is 18.2. The summed E-state index contributed by atoms with van der Waals surface area (Å²) < 4.78 is 11.6. The van der Waals surface area contributed by atoms with E-state index < -0.39 is 95.2 Å². The van der Waals surface area contributed by atoms with Gasteiger partial charge in [0, 0.05) is 72.2 Å². The van der Waals surface area contributed by atoms with Gasteiger partial charge in [0.2, 0.25) is 29.5 Å². The van der Waals surface area contributed by atoms with Crippen molar-refractivity contribution in [3.63, 3.8) is 0 Å². The summed E-state index contributed by atoms with van der Waals surface area (Å²) in [7, 11) is 5.38. The molecule has 7 rings (SSSR count). The van der Waals surface area contributed by atoms with Crippen LogP contribution in [0.1, 0.15) is 67.2 Å². The SMILES string of the molecule is CC[C@H]1NC(=O)[C@@H](NC(=O)c2ncccc2O)[C@H](C)OC(=O)[C@H](c2ccccc2)NC(=O)[C@@H]2CC=C(CN3CCOCC3)CN2C(=O)[C@H](Cc2ccc(N(C)C)cc2)N(C)C(=O)[C@@H]2CCCN2C1=O. The first-order chi connectivity index (χ1) is 33.1. The number of aromatic hydroxyl groups is 1. The van der Waals surface area contributed by atoms with Crippen LogP contribution >= 0.6 is 0 Å². The molecule has 5 heterocycles. The molecule has 1 aromatic heterocycles. The summed E-state index contributed by atoms with van der Waals surface area (Å²) in [5.74, 6) is -5.53. The maximum absolute atomic E-state index is 15.5. The Morgan fingerprint density at radius 1 is 0.870 bits per heavy atom. The van der Waals surface area contributed by atoms with Crippen molar-refractivity contribution in [3.05, 3.63) is 101 Å². The van der Waals surface area contributed by atoms with Crippen LogP contribution in [-0.4, -0.2) is 174 Å². The molecule has 0 unspecified atom stereocenters. The number of nitrogens with zero attached hydrogens (tertiary/aromatic N) is 6. The van der Waals surface area contributed by atoms with Gasteiger partial charge in [-0.15, -0.1) is 0 Å². The van der Waals surface area contributed by atoms with Crippen molar-refractivity contribution in [3.8, 4) is 5.75 Å². The quantitative estimate of drug-likeness (QED) is 0.177. The van der Waals surface area contributed by atoms with Crippen LogP contribution in [0.5, 0.6) is 5.75 Å². The molecule has 0 bridgehead atoms. The summed E-state index contributed by atoms with van der Waals surface area (Å²) in [6.45, 7) is 6.30. The van der Waals surface area contributed by atoms with Crippen molar-refractivity contribution < 1.29 is 48.1 Å². The summed E-state index contributed by atoms with van der Waals surface area (Å²) in [6, 6.07) is 11.0. The zero-order valence-corrected chi connectivity index (χ0v) is 39.8. The molecule has 368 valence electrons. The second kappa shape index (κ2) is 22.5. The van der Waals surface area contributed by atoms with Gasteiger partial charge in [-0.3, -0.25) is 33.7 Å². The third kappa shape index (κ3) is 11.7. The Labute approximate surface area is 402 Å². The first-order valence-corrected chi connectivity index (χ1v) is 23.6. The number of fused-ring (bicyclic) bond motifs is 2. The van der Waals surface area contributed by atoms with Crippen molar-refractivity contribution in [2.75, 3.05) is 72.0 Å². The number of aromatic nitrogens is 1. The summed E-state index contributed by atoms with van der Waals surface area (Å²) in [5, 5.41) is 18.6. The van der Waals surface area contributed by atoms with Crippen LogP contribution in [0, 0.1) is 0 Å². The molecule has 7 atom stereocenters. The zero-order chi connectivity index (χ0) is 49.4. The summed E-state index contributed by atoms with van der Waals surface area (Å²) in [5.41, 5.74) is 2.51. The van der Waals surface area contributed by atoms with Crippen LogP contribution in [0.25, 0.3) is 0 Å². The molecule has 4 N–H and O–H groups in total. The van der Waals surface area contributed by atoms with E-state index in [1.165, 1.54) is 40.0 Å². The minimum absolute atomic E-state index is 0.0526. The molecule has 19 nitrogen and oxygen atoms in total. The Hall–Kier alpha value is -6.86. The third-order valence-corrected chi connectivity index (χ3v) is 13.3. The van der Waals surface area contributed by atoms with E-state index in [0.29, 0.717) is 51.3 Å². The summed E-state index contributed by atoms with van der Waals surface area (Å²) >= 11 is 0. The molecule has 2 aromatic carbocycles. The van der Waals surface area contributed by atoms with E-state index in [1.54, 1.807) is 44.3 Å². The molecule has 4 aliphatic heterocycles. The maximum atomic E-state index is 15.5. The molecule has 3 aromatic rings. The Bertz CT molecular complexity index is 2390. The van der Waals surface area contributed by atoms with Crippen molar-refractivity contribution in [2.24, 2.45) is 0 Å². The largest absolute Gasteiger partial charge is 0.505 e. The maximum Gasteiger partial charge on any atom is 0.333 e. The first kappa shape index (κ1) is 50.0. The van der Waals surface area contributed by atoms with Gasteiger partial charge in [-0.1, -0.05) is 55.5 Å². The number of anilines is 1. The highest BCUT2D eigenvalue weighted by molar-refractivity contribution is 6.00. The molecule has 6 amide bonds. The monoisotopic (exact) mass is 949 g/mol. The van der Waals surface area contributed by atoms with Crippen molar-refractivity contribution in [1.82, 2.24) is 40.5 Å². The number of esters is 1. The highest BCUT2D eigenvalue weighted by Crippen LogP contribution is 2.28. The van der Waals surface area contributed by atoms with Gasteiger partial charge in [-0.05, 0) is 73.6 Å². The van der Waals surface area contributed by atoms with E-state index in [9.17, 15) is 33.9 Å². The zero-order valence-electron chi connectivity index (χ0n) is 39.8. The molecular formula is C50H63N9O10. The lowest BCUT2D eigenvalue weighted by atomic mass is 9.96. The van der Waals surface area contributed by atoms with E-state index in [4.69, 9.17) is 9.47 Å². The third-order valence-electron chi connectivity index (χ3n) is 13.3. The minimum Gasteiger partial charge on any atom is -0.505 e. The van der Waals surface area contributed by atoms with Crippen LogP contribution < -0.4 is 20.9 Å². The smallest absolute Gasteiger partial charge is 0.333 e. The number of nitrogens with one attached hydrogen (secondary N) is 3. The number of hydrogen-bond donors (Lipinski definition) is 4. The molecule has 19 heteroatoms. The van der Waals surface area contributed by atoms with Gasteiger partial charge in [0.15, 0.2) is 11.7 Å². The highest BCUT2D eigenvalue weighted by Gasteiger charge is 2.45. The van der Waals surface area contributed by atoms with Gasteiger partial charge in [0.05, 0.1) is 13.2 Å². The average molecular weight is 950 g/mol. The van der Waals surface area contributed by atoms with Crippen LogP contribution in [0.4, 0.5) is 5.69 Å². The molecular weight excluding hydrogens is 887 g/mol. The number of cyclic esters (lactones) is 1. The van der Waals surface area contributed by atoms with Gasteiger partial charge in [0.25, 0.3) is 5.91 Å². The predicted octanol–water partition coefficient (Wildman–Crippen LogP) is 1.57. The molecule has 3 saturated heterocycles. The summed E-state index contributed by atoms with van der Waals surface area (Å²) in [6.07, 6.45) is 2.79. The molecule has 4 aliphatic rings. The number of rotatable bonds is 9. The standard InChI is InChI=1S/C50H63N9O10/c1-6-36-47(64)58-23-11-14-38(58)48(65)56(5)39(28-32-16-19-35(20-17-32)55(3)4)49(66)59-30-33(29-57-24-26-68-27-25-57)18-21-37(59)44(61)54-42(34-12-8-7-9-13-34)50(67)69-31(2)41(45(62)52-36)53-46(63)43-40(60)15-10-22-51-43/h7-10,12-13,15-20,22,31,36-39,41-42,60H,6,11,14,21,23-30H2,1-5H3,(H,52,62)(H,53,63)(H,54,61)/t31-,36+,37-,38-,39-,41-,42-/m0/s1. The number of amides is 6. The molecule has 69 heavy (non-hydrogen) atoms. The van der Waals surface area contributed by atoms with Gasteiger partial charge < -0.3 is 50.1 Å². The van der Waals surface area contributed by atoms with E-state index >= 15 is 4.79 Å². The lowest BCUT2D eigenvalue weighted by Gasteiger charge is -2.41. The Morgan fingerprint density at radius 2 is 1.59 bits per heavy atom. The number of benzene rings is 2. The Kier molecular flexibility index (Phi) is 16.3. The predicted molar refractivity (Wildman–Crippen MR) is 253 cm³/mol. The molecule has 0 radical (unpaired) electrons. The van der Waals surface area contributed by atoms with Crippen molar-refractivity contribution in [2.45, 2.75) is 88.3 Å². The molecule has 0 aliphatic carbocycles. The van der Waals surface area contributed by atoms with Crippen LogP contribution in [-0.2, 0) is 44.7 Å². The second-order valence-corrected chi connectivity index (χ2v) is 18.2. The number of ether oxygens (including phenoxy) is 2. The lowest BCUT2D eigenvalue weighted by Crippen LogP contribution is -2.61. The van der Waals surface area contributed by atoms with E-state index in [2.05, 4.69) is 25.8 Å². The molecule has 0 spiro atoms. The van der Waals surface area contributed by atoms with Gasteiger partial charge in [-0.25, -0.2) is 9.78 Å². The molecule has 3 fully saturated rings. The number of carbonyl (C=O) groups is 7. The number of carbonyl (C=O) groups excluding carboxylic acids is 7. The fraction of sp³-hybridized carbons (Fsp3) is 0.480. The van der Waals surface area contributed by atoms with Crippen molar-refractivity contribution >= 4 is 47.1 Å². The lowest BCUT2D eigenvalue weighted by molar-refractivity contribution is -0.156. The highest BCUT2D eigenvalue weighted by atomic mass is 16.5. The van der Waals surface area contributed by atoms with Crippen LogP contribution in [0.2, 0.25) is 0 Å². The number of pyridine rings is 1. The van der Waals surface area contributed by atoms with Gasteiger partial charge in [0.1, 0.15) is 42.1 Å². The van der Waals surface area contributed by atoms with Gasteiger partial charge >= 0.3 is 5.97 Å². The molecule has 0 saturated carbocycles. The van der Waals surface area contributed by atoms with E-state index in [1.807, 2.05) is 49.3 Å².